The molecule has 3 amide bonds. The molecule has 8 nitrogen and oxygen atoms in total. The van der Waals surface area contributed by atoms with Crippen LogP contribution in [0.3, 0.4) is 0 Å². The fraction of sp³-hybridized carbons (Fsp3) is 0.200. The van der Waals surface area contributed by atoms with E-state index in [1.807, 2.05) is 18.2 Å². The van der Waals surface area contributed by atoms with Crippen LogP contribution in [-0.2, 0) is 16.4 Å². The van der Waals surface area contributed by atoms with Gasteiger partial charge in [0.1, 0.15) is 0 Å². The van der Waals surface area contributed by atoms with Crippen LogP contribution in [0.2, 0.25) is 0 Å². The molecule has 5 rings (SSSR count). The van der Waals surface area contributed by atoms with Crippen molar-refractivity contribution in [1.29, 1.82) is 0 Å². The van der Waals surface area contributed by atoms with E-state index in [1.165, 1.54) is 16.4 Å². The number of fused-ring (bicyclic) bond motifs is 1. The summed E-state index contributed by atoms with van der Waals surface area (Å²) in [5.41, 5.74) is 3.04. The van der Waals surface area contributed by atoms with Crippen LogP contribution in [0.25, 0.3) is 0 Å². The molecule has 1 aliphatic carbocycles. The second-order valence-corrected chi connectivity index (χ2v) is 10.3. The van der Waals surface area contributed by atoms with Gasteiger partial charge in [-0.3, -0.25) is 9.10 Å². The molecule has 34 heavy (non-hydrogen) atoms. The van der Waals surface area contributed by atoms with Gasteiger partial charge in [-0.1, -0.05) is 24.3 Å². The first-order chi connectivity index (χ1) is 16.4. The van der Waals surface area contributed by atoms with Crippen molar-refractivity contribution in [2.45, 2.75) is 30.2 Å². The van der Waals surface area contributed by atoms with Crippen LogP contribution in [0.4, 0.5) is 21.9 Å². The zero-order chi connectivity index (χ0) is 23.7. The number of carbonyl (C=O) groups excluding carboxylic acids is 2. The lowest BCUT2D eigenvalue weighted by molar-refractivity contribution is 0.102. The van der Waals surface area contributed by atoms with E-state index in [9.17, 15) is 18.0 Å². The van der Waals surface area contributed by atoms with Crippen LogP contribution in [-0.4, -0.2) is 32.9 Å². The SMILES string of the molecule is O=C(Nc1ccc(NC(=O)c2cccc(S(=O)(=O)N3CCc4ccccc43)c2)cc1)NC1CC1. The number of hydrogen-bond acceptors (Lipinski definition) is 4. The number of anilines is 3. The number of benzene rings is 3. The minimum Gasteiger partial charge on any atom is -0.335 e. The van der Waals surface area contributed by atoms with Crippen LogP contribution >= 0.6 is 0 Å². The van der Waals surface area contributed by atoms with Gasteiger partial charge in [0.2, 0.25) is 0 Å². The van der Waals surface area contributed by atoms with E-state index in [-0.39, 0.29) is 22.5 Å². The topological polar surface area (TPSA) is 108 Å². The Morgan fingerprint density at radius 2 is 1.56 bits per heavy atom. The lowest BCUT2D eigenvalue weighted by atomic mass is 10.2. The van der Waals surface area contributed by atoms with Crippen LogP contribution in [0.15, 0.2) is 77.7 Å². The van der Waals surface area contributed by atoms with Gasteiger partial charge in [0, 0.05) is 29.5 Å². The molecule has 0 saturated heterocycles. The second-order valence-electron chi connectivity index (χ2n) is 8.39. The molecule has 3 aromatic carbocycles. The summed E-state index contributed by atoms with van der Waals surface area (Å²) in [6.07, 6.45) is 2.67. The fourth-order valence-electron chi connectivity index (χ4n) is 3.90. The first-order valence-electron chi connectivity index (χ1n) is 11.1. The molecule has 1 saturated carbocycles. The molecular formula is C25H24N4O4S. The molecule has 3 aromatic rings. The van der Waals surface area contributed by atoms with Gasteiger partial charge in [-0.15, -0.1) is 0 Å². The maximum Gasteiger partial charge on any atom is 0.319 e. The van der Waals surface area contributed by atoms with Gasteiger partial charge in [-0.2, -0.15) is 0 Å². The molecule has 2 aliphatic rings. The Balaban J connectivity index is 1.28. The predicted molar refractivity (Wildman–Crippen MR) is 131 cm³/mol. The minimum absolute atomic E-state index is 0.0677. The summed E-state index contributed by atoms with van der Waals surface area (Å²) in [4.78, 5) is 24.7. The summed E-state index contributed by atoms with van der Waals surface area (Å²) in [7, 11) is -3.80. The van der Waals surface area contributed by atoms with E-state index in [4.69, 9.17) is 0 Å². The van der Waals surface area contributed by atoms with Gasteiger partial charge in [0.05, 0.1) is 10.6 Å². The van der Waals surface area contributed by atoms with Crippen molar-refractivity contribution in [3.63, 3.8) is 0 Å². The summed E-state index contributed by atoms with van der Waals surface area (Å²) in [5.74, 6) is -0.425. The molecule has 1 heterocycles. The van der Waals surface area contributed by atoms with Crippen LogP contribution < -0.4 is 20.3 Å². The van der Waals surface area contributed by atoms with Gasteiger partial charge < -0.3 is 16.0 Å². The summed E-state index contributed by atoms with van der Waals surface area (Å²) in [5, 5.41) is 8.36. The molecule has 0 aromatic heterocycles. The number of amides is 3. The second kappa shape index (κ2) is 8.83. The molecule has 0 unspecified atom stereocenters. The Bertz CT molecular complexity index is 1350. The molecule has 0 spiro atoms. The molecule has 1 fully saturated rings. The predicted octanol–water partition coefficient (Wildman–Crippen LogP) is 3.97. The third-order valence-electron chi connectivity index (χ3n) is 5.84. The third-order valence-corrected chi connectivity index (χ3v) is 7.65. The number of nitrogens with one attached hydrogen (secondary N) is 3. The molecule has 0 atom stereocenters. The van der Waals surface area contributed by atoms with Gasteiger partial charge >= 0.3 is 6.03 Å². The highest BCUT2D eigenvalue weighted by atomic mass is 32.2. The Kier molecular flexibility index (Phi) is 5.70. The maximum atomic E-state index is 13.3. The number of para-hydroxylation sites is 1. The lowest BCUT2D eigenvalue weighted by Crippen LogP contribution is -2.30. The molecule has 9 heteroatoms. The quantitative estimate of drug-likeness (QED) is 0.500. The van der Waals surface area contributed by atoms with Crippen LogP contribution in [0, 0.1) is 0 Å². The van der Waals surface area contributed by atoms with Gasteiger partial charge in [0.15, 0.2) is 0 Å². The van der Waals surface area contributed by atoms with Crippen molar-refractivity contribution in [3.05, 3.63) is 83.9 Å². The molecule has 0 bridgehead atoms. The first kappa shape index (κ1) is 22.0. The van der Waals surface area contributed by atoms with E-state index < -0.39 is 15.9 Å². The zero-order valence-corrected chi connectivity index (χ0v) is 19.1. The Hall–Kier alpha value is -3.85. The maximum absolute atomic E-state index is 13.3. The van der Waals surface area contributed by atoms with Crippen molar-refractivity contribution in [2.75, 3.05) is 21.5 Å². The average molecular weight is 477 g/mol. The summed E-state index contributed by atoms with van der Waals surface area (Å²) in [6, 6.07) is 20.2. The van der Waals surface area contributed by atoms with Crippen molar-refractivity contribution in [1.82, 2.24) is 5.32 Å². The monoisotopic (exact) mass is 476 g/mol. The smallest absolute Gasteiger partial charge is 0.319 e. The third kappa shape index (κ3) is 4.60. The molecule has 174 valence electrons. The van der Waals surface area contributed by atoms with Crippen LogP contribution in [0.1, 0.15) is 28.8 Å². The normalized spacial score (nSPS) is 14.9. The number of nitrogens with zero attached hydrogens (tertiary/aromatic N) is 1. The summed E-state index contributed by atoms with van der Waals surface area (Å²) in [6.45, 7) is 0.372. The van der Waals surface area contributed by atoms with Gasteiger partial charge in [0.25, 0.3) is 15.9 Å². The van der Waals surface area contributed by atoms with E-state index in [0.29, 0.717) is 30.0 Å². The molecule has 0 radical (unpaired) electrons. The molecule has 3 N–H and O–H groups in total. The first-order valence-corrected chi connectivity index (χ1v) is 12.5. The van der Waals surface area contributed by atoms with Crippen LogP contribution in [0.5, 0.6) is 0 Å². The van der Waals surface area contributed by atoms with E-state index >= 15 is 0 Å². The number of urea groups is 1. The van der Waals surface area contributed by atoms with Crippen molar-refractivity contribution in [3.8, 4) is 0 Å². The van der Waals surface area contributed by atoms with Gasteiger partial charge in [-0.05, 0) is 73.4 Å². The Morgan fingerprint density at radius 1 is 0.853 bits per heavy atom. The molecule has 1 aliphatic heterocycles. The summed E-state index contributed by atoms with van der Waals surface area (Å²) < 4.78 is 28.0. The van der Waals surface area contributed by atoms with Crippen molar-refractivity contribution in [2.24, 2.45) is 0 Å². The van der Waals surface area contributed by atoms with E-state index in [2.05, 4.69) is 16.0 Å². The number of carbonyl (C=O) groups is 2. The zero-order valence-electron chi connectivity index (χ0n) is 18.3. The fourth-order valence-corrected chi connectivity index (χ4v) is 5.45. The van der Waals surface area contributed by atoms with Crippen molar-refractivity contribution >= 4 is 39.0 Å². The number of sulfonamides is 1. The molecular weight excluding hydrogens is 452 g/mol. The number of hydrogen-bond donors (Lipinski definition) is 3. The Labute approximate surface area is 198 Å². The highest BCUT2D eigenvalue weighted by Gasteiger charge is 2.31. The Morgan fingerprint density at radius 3 is 2.29 bits per heavy atom. The van der Waals surface area contributed by atoms with E-state index in [1.54, 1.807) is 42.5 Å². The van der Waals surface area contributed by atoms with E-state index in [0.717, 1.165) is 18.4 Å². The number of rotatable bonds is 6. The lowest BCUT2D eigenvalue weighted by Gasteiger charge is -2.20. The van der Waals surface area contributed by atoms with Crippen molar-refractivity contribution < 1.29 is 18.0 Å². The highest BCUT2D eigenvalue weighted by Crippen LogP contribution is 2.32. The summed E-state index contributed by atoms with van der Waals surface area (Å²) >= 11 is 0. The largest absolute Gasteiger partial charge is 0.335 e. The average Bonchev–Trinajstić information content (AvgIpc) is 3.54. The highest BCUT2D eigenvalue weighted by molar-refractivity contribution is 7.92. The van der Waals surface area contributed by atoms with Gasteiger partial charge in [-0.25, -0.2) is 13.2 Å². The standard InChI is InChI=1S/C25H24N4O4S/c30-24(26-19-8-10-20(11-9-19)27-25(31)28-21-12-13-21)18-5-3-6-22(16-18)34(32,33)29-15-14-17-4-1-2-7-23(17)29/h1-11,16,21H,12-15H2,(H,26,30)(H2,27,28,31). The minimum atomic E-state index is -3.80.